The third kappa shape index (κ3) is 8.52. The van der Waals surface area contributed by atoms with Gasteiger partial charge in [-0.15, -0.1) is 24.0 Å². The monoisotopic (exact) mass is 532 g/mol. The summed E-state index contributed by atoms with van der Waals surface area (Å²) in [4.78, 5) is 18.0. The van der Waals surface area contributed by atoms with Gasteiger partial charge in [0.2, 0.25) is 0 Å². The van der Waals surface area contributed by atoms with Crippen LogP contribution in [0.15, 0.2) is 53.5 Å². The first-order valence-corrected chi connectivity index (χ1v) is 9.25. The van der Waals surface area contributed by atoms with E-state index >= 15 is 0 Å². The Hall–Kier alpha value is -2.43. The molecule has 0 spiro atoms. The summed E-state index contributed by atoms with van der Waals surface area (Å²) in [6.07, 6.45) is 0. The predicted molar refractivity (Wildman–Crippen MR) is 125 cm³/mol. The van der Waals surface area contributed by atoms with Crippen molar-refractivity contribution in [3.8, 4) is 5.75 Å². The molecule has 9 heteroatoms. The molecule has 0 unspecified atom stereocenters. The summed E-state index contributed by atoms with van der Waals surface area (Å²) in [7, 11) is 3.43. The molecule has 1 amide bonds. The van der Waals surface area contributed by atoms with Crippen molar-refractivity contribution in [3.63, 3.8) is 0 Å². The average molecular weight is 532 g/mol. The first-order valence-electron chi connectivity index (χ1n) is 9.25. The fourth-order valence-corrected chi connectivity index (χ4v) is 2.54. The third-order valence-corrected chi connectivity index (χ3v) is 3.95. The Balaban J connectivity index is 0.00000450. The number of alkyl halides is 2. The van der Waals surface area contributed by atoms with E-state index in [0.717, 1.165) is 11.1 Å². The maximum atomic E-state index is 12.3. The number of hydrogen-bond acceptors (Lipinski definition) is 3. The van der Waals surface area contributed by atoms with Gasteiger partial charge in [0.15, 0.2) is 5.96 Å². The highest BCUT2D eigenvalue weighted by atomic mass is 127. The molecule has 0 aliphatic rings. The van der Waals surface area contributed by atoms with Crippen LogP contribution in [0.3, 0.4) is 0 Å². The quantitative estimate of drug-likeness (QED) is 0.308. The molecule has 0 aliphatic heterocycles. The number of amides is 1. The molecule has 0 heterocycles. The number of benzene rings is 2. The molecule has 2 N–H and O–H groups in total. The molecule has 2 rings (SSSR count). The first-order chi connectivity index (χ1) is 13.9. The van der Waals surface area contributed by atoms with Crippen LogP contribution in [-0.4, -0.2) is 44.0 Å². The van der Waals surface area contributed by atoms with Crippen LogP contribution in [0.4, 0.5) is 8.78 Å². The topological polar surface area (TPSA) is 66.0 Å². The maximum Gasteiger partial charge on any atom is 0.387 e. The van der Waals surface area contributed by atoms with Gasteiger partial charge in [0.05, 0.1) is 6.54 Å². The highest BCUT2D eigenvalue weighted by Gasteiger charge is 2.08. The summed E-state index contributed by atoms with van der Waals surface area (Å²) in [6, 6.07) is 13.8. The second kappa shape index (κ2) is 13.0. The number of rotatable bonds is 8. The zero-order valence-electron chi connectivity index (χ0n) is 17.2. The lowest BCUT2D eigenvalue weighted by molar-refractivity contribution is -0.0498. The van der Waals surface area contributed by atoms with Gasteiger partial charge in [0.1, 0.15) is 5.75 Å². The molecule has 0 aliphatic carbocycles. The molecular weight excluding hydrogens is 505 g/mol. The van der Waals surface area contributed by atoms with Crippen molar-refractivity contribution in [1.29, 1.82) is 0 Å². The number of hydrogen-bond donors (Lipinski definition) is 2. The van der Waals surface area contributed by atoms with E-state index in [9.17, 15) is 13.6 Å². The van der Waals surface area contributed by atoms with Gasteiger partial charge in [-0.05, 0) is 42.3 Å². The molecule has 6 nitrogen and oxygen atoms in total. The molecule has 0 radical (unpaired) electrons. The van der Waals surface area contributed by atoms with Crippen LogP contribution in [0, 0.1) is 0 Å². The summed E-state index contributed by atoms with van der Waals surface area (Å²) >= 11 is 0. The fourth-order valence-electron chi connectivity index (χ4n) is 2.54. The van der Waals surface area contributed by atoms with Gasteiger partial charge in [0, 0.05) is 32.7 Å². The molecule has 0 saturated heterocycles. The van der Waals surface area contributed by atoms with Crippen molar-refractivity contribution < 1.29 is 18.3 Å². The normalized spacial score (nSPS) is 10.9. The third-order valence-electron chi connectivity index (χ3n) is 3.95. The second-order valence-corrected chi connectivity index (χ2v) is 6.47. The van der Waals surface area contributed by atoms with Crippen molar-refractivity contribution >= 4 is 35.8 Å². The van der Waals surface area contributed by atoms with Gasteiger partial charge >= 0.3 is 6.61 Å². The van der Waals surface area contributed by atoms with Crippen molar-refractivity contribution in [2.24, 2.45) is 4.99 Å². The number of halogens is 3. The highest BCUT2D eigenvalue weighted by molar-refractivity contribution is 14.0. The van der Waals surface area contributed by atoms with Gasteiger partial charge in [-0.1, -0.05) is 24.3 Å². The van der Waals surface area contributed by atoms with Crippen molar-refractivity contribution in [2.75, 3.05) is 20.6 Å². The molecule has 0 bridgehead atoms. The van der Waals surface area contributed by atoms with Crippen LogP contribution in [0.5, 0.6) is 5.75 Å². The minimum atomic E-state index is -2.85. The van der Waals surface area contributed by atoms with Gasteiger partial charge in [-0.2, -0.15) is 8.78 Å². The zero-order chi connectivity index (χ0) is 21.2. The molecule has 2 aromatic rings. The van der Waals surface area contributed by atoms with E-state index in [1.165, 1.54) is 11.0 Å². The molecule has 0 saturated carbocycles. The van der Waals surface area contributed by atoms with E-state index in [2.05, 4.69) is 20.4 Å². The van der Waals surface area contributed by atoms with Crippen LogP contribution in [0.25, 0.3) is 0 Å². The summed E-state index contributed by atoms with van der Waals surface area (Å²) in [5.74, 6) is 0.664. The number of nitrogens with zero attached hydrogens (tertiary/aromatic N) is 2. The average Bonchev–Trinajstić information content (AvgIpc) is 2.69. The molecule has 0 atom stereocenters. The van der Waals surface area contributed by atoms with E-state index in [-0.39, 0.29) is 35.6 Å². The lowest BCUT2D eigenvalue weighted by Crippen LogP contribution is -2.36. The van der Waals surface area contributed by atoms with Crippen LogP contribution < -0.4 is 15.4 Å². The number of aliphatic imine (C=N–C) groups is 1. The largest absolute Gasteiger partial charge is 0.435 e. The molecular formula is C21H27F2IN4O2. The van der Waals surface area contributed by atoms with Crippen LogP contribution in [-0.2, 0) is 13.1 Å². The molecule has 30 heavy (non-hydrogen) atoms. The van der Waals surface area contributed by atoms with E-state index in [1.54, 1.807) is 44.4 Å². The second-order valence-electron chi connectivity index (χ2n) is 6.47. The van der Waals surface area contributed by atoms with E-state index in [0.29, 0.717) is 31.2 Å². The lowest BCUT2D eigenvalue weighted by Gasteiger charge is -2.13. The molecule has 2 aromatic carbocycles. The minimum Gasteiger partial charge on any atom is -0.435 e. The fraction of sp³-hybridized carbons (Fsp3) is 0.333. The molecule has 164 valence electrons. The Labute approximate surface area is 192 Å². The van der Waals surface area contributed by atoms with E-state index < -0.39 is 6.61 Å². The molecule has 0 fully saturated rings. The summed E-state index contributed by atoms with van der Waals surface area (Å²) in [6.45, 7) is 0.613. The van der Waals surface area contributed by atoms with Gasteiger partial charge in [-0.3, -0.25) is 4.79 Å². The summed E-state index contributed by atoms with van der Waals surface area (Å²) in [5.41, 5.74) is 2.38. The van der Waals surface area contributed by atoms with E-state index in [1.807, 2.05) is 19.1 Å². The Bertz CT molecular complexity index is 830. The maximum absolute atomic E-state index is 12.3. The lowest BCUT2D eigenvalue weighted by atomic mass is 10.1. The van der Waals surface area contributed by atoms with Crippen LogP contribution in [0.1, 0.15) is 28.4 Å². The predicted octanol–water partition coefficient (Wildman–Crippen LogP) is 3.86. The SMILES string of the molecule is CCNC(=NCc1cccc(OC(F)F)c1)NCc1ccc(C(=O)N(C)C)cc1.I. The zero-order valence-corrected chi connectivity index (χ0v) is 19.5. The Morgan fingerprint density at radius 1 is 1.10 bits per heavy atom. The number of nitrogens with one attached hydrogen (secondary N) is 2. The Kier molecular flexibility index (Phi) is 11.1. The van der Waals surface area contributed by atoms with Crippen molar-refractivity contribution in [3.05, 3.63) is 65.2 Å². The number of carbonyl (C=O) groups is 1. The van der Waals surface area contributed by atoms with Gasteiger partial charge in [0.25, 0.3) is 5.91 Å². The minimum absolute atomic E-state index is 0. The number of guanidine groups is 1. The van der Waals surface area contributed by atoms with Crippen molar-refractivity contribution in [1.82, 2.24) is 15.5 Å². The number of ether oxygens (including phenoxy) is 1. The van der Waals surface area contributed by atoms with E-state index in [4.69, 9.17) is 0 Å². The van der Waals surface area contributed by atoms with Gasteiger partial charge < -0.3 is 20.3 Å². The first kappa shape index (κ1) is 25.6. The smallest absolute Gasteiger partial charge is 0.387 e. The summed E-state index contributed by atoms with van der Waals surface area (Å²) in [5, 5.41) is 6.36. The number of carbonyl (C=O) groups excluding carboxylic acids is 1. The highest BCUT2D eigenvalue weighted by Crippen LogP contribution is 2.16. The Morgan fingerprint density at radius 3 is 2.40 bits per heavy atom. The van der Waals surface area contributed by atoms with Gasteiger partial charge in [-0.25, -0.2) is 4.99 Å². The summed E-state index contributed by atoms with van der Waals surface area (Å²) < 4.78 is 29.1. The Morgan fingerprint density at radius 2 is 1.80 bits per heavy atom. The molecule has 0 aromatic heterocycles. The van der Waals surface area contributed by atoms with Crippen LogP contribution in [0.2, 0.25) is 0 Å². The van der Waals surface area contributed by atoms with Crippen LogP contribution >= 0.6 is 24.0 Å². The standard InChI is InChI=1S/C21H26F2N4O2.HI/c1-4-24-21(26-14-16-6-5-7-18(12-16)29-20(22)23)25-13-15-8-10-17(11-9-15)19(28)27(2)3;/h5-12,20H,4,13-14H2,1-3H3,(H2,24,25,26);1H. The van der Waals surface area contributed by atoms with Crippen molar-refractivity contribution in [2.45, 2.75) is 26.6 Å².